The van der Waals surface area contributed by atoms with E-state index in [9.17, 15) is 9.59 Å². The molecule has 2 aromatic rings. The maximum absolute atomic E-state index is 12.3. The lowest BCUT2D eigenvalue weighted by Crippen LogP contribution is -2.33. The highest BCUT2D eigenvalue weighted by Gasteiger charge is 2.18. The van der Waals surface area contributed by atoms with Crippen LogP contribution in [-0.2, 0) is 4.79 Å². The average Bonchev–Trinajstić information content (AvgIpc) is 2.59. The molecule has 2 N–H and O–H groups in total. The average molecular weight is 314 g/mol. The van der Waals surface area contributed by atoms with Crippen molar-refractivity contribution >= 4 is 5.91 Å². The number of rotatable bonds is 7. The van der Waals surface area contributed by atoms with E-state index < -0.39 is 6.04 Å². The minimum atomic E-state index is -0.416. The number of hydrogen-bond acceptors (Lipinski definition) is 4. The smallest absolute Gasteiger partial charge is 0.275 e. The predicted molar refractivity (Wildman–Crippen MR) is 88.8 cm³/mol. The highest BCUT2D eigenvalue weighted by molar-refractivity contribution is 5.76. The fourth-order valence-corrected chi connectivity index (χ4v) is 2.27. The molecule has 0 fully saturated rings. The van der Waals surface area contributed by atoms with Gasteiger partial charge in [0.1, 0.15) is 0 Å². The molecule has 0 aliphatic rings. The van der Waals surface area contributed by atoms with Gasteiger partial charge in [-0.3, -0.25) is 9.59 Å². The SMILES string of the molecule is CCCCC(=O)NC(CC)c1nnc(-c2ccccc2)[nH]c1=O. The Labute approximate surface area is 135 Å². The van der Waals surface area contributed by atoms with Crippen LogP contribution in [0.15, 0.2) is 35.1 Å². The second kappa shape index (κ2) is 8.22. The molecule has 23 heavy (non-hydrogen) atoms. The van der Waals surface area contributed by atoms with Crippen LogP contribution in [0, 0.1) is 0 Å². The molecular formula is C17H22N4O2. The molecule has 0 aliphatic carbocycles. The summed E-state index contributed by atoms with van der Waals surface area (Å²) in [6, 6.07) is 8.91. The van der Waals surface area contributed by atoms with Crippen molar-refractivity contribution in [2.75, 3.05) is 0 Å². The molecule has 1 amide bonds. The van der Waals surface area contributed by atoms with E-state index in [0.717, 1.165) is 18.4 Å². The van der Waals surface area contributed by atoms with E-state index in [1.165, 1.54) is 0 Å². The Bertz CT molecular complexity index is 697. The first-order valence-electron chi connectivity index (χ1n) is 7.97. The lowest BCUT2D eigenvalue weighted by atomic mass is 10.1. The number of nitrogens with zero attached hydrogens (tertiary/aromatic N) is 2. The Morgan fingerprint density at radius 1 is 1.22 bits per heavy atom. The highest BCUT2D eigenvalue weighted by Crippen LogP contribution is 2.14. The van der Waals surface area contributed by atoms with E-state index in [-0.39, 0.29) is 17.2 Å². The summed E-state index contributed by atoms with van der Waals surface area (Å²) in [5.74, 6) is 0.360. The Kier molecular flexibility index (Phi) is 6.02. The van der Waals surface area contributed by atoms with Crippen molar-refractivity contribution in [1.82, 2.24) is 20.5 Å². The first-order chi connectivity index (χ1) is 11.2. The second-order valence-electron chi connectivity index (χ2n) is 5.39. The topological polar surface area (TPSA) is 87.7 Å². The van der Waals surface area contributed by atoms with Gasteiger partial charge in [0.25, 0.3) is 5.56 Å². The molecule has 1 aromatic heterocycles. The van der Waals surface area contributed by atoms with Gasteiger partial charge in [-0.15, -0.1) is 10.2 Å². The number of benzene rings is 1. The quantitative estimate of drug-likeness (QED) is 0.822. The molecule has 1 atom stereocenters. The summed E-state index contributed by atoms with van der Waals surface area (Å²) in [5, 5.41) is 11.0. The fourth-order valence-electron chi connectivity index (χ4n) is 2.27. The Balaban J connectivity index is 2.18. The third kappa shape index (κ3) is 4.48. The first kappa shape index (κ1) is 16.9. The zero-order chi connectivity index (χ0) is 16.7. The third-order valence-corrected chi connectivity index (χ3v) is 3.60. The molecule has 0 radical (unpaired) electrons. The number of aromatic nitrogens is 3. The van der Waals surface area contributed by atoms with Crippen LogP contribution in [0.4, 0.5) is 0 Å². The molecule has 122 valence electrons. The van der Waals surface area contributed by atoms with Crippen molar-refractivity contribution in [2.45, 2.75) is 45.6 Å². The lowest BCUT2D eigenvalue weighted by molar-refractivity contribution is -0.122. The van der Waals surface area contributed by atoms with Gasteiger partial charge in [0.05, 0.1) is 6.04 Å². The van der Waals surface area contributed by atoms with Gasteiger partial charge in [0.2, 0.25) is 5.91 Å². The van der Waals surface area contributed by atoms with Crippen molar-refractivity contribution in [1.29, 1.82) is 0 Å². The molecule has 6 nitrogen and oxygen atoms in total. The highest BCUT2D eigenvalue weighted by atomic mass is 16.2. The standard InChI is InChI=1S/C17H22N4O2/c1-3-5-11-14(22)18-13(4-2)15-17(23)19-16(21-20-15)12-9-7-6-8-10-12/h6-10,13H,3-5,11H2,1-2H3,(H,18,22)(H,19,21,23). The second-order valence-corrected chi connectivity index (χ2v) is 5.39. The number of carbonyl (C=O) groups excluding carboxylic acids is 1. The molecule has 1 unspecified atom stereocenters. The number of H-pyrrole nitrogens is 1. The lowest BCUT2D eigenvalue weighted by Gasteiger charge is -2.15. The number of nitrogens with one attached hydrogen (secondary N) is 2. The van der Waals surface area contributed by atoms with E-state index in [1.54, 1.807) is 0 Å². The normalized spacial score (nSPS) is 11.9. The van der Waals surface area contributed by atoms with E-state index in [0.29, 0.717) is 18.7 Å². The first-order valence-corrected chi connectivity index (χ1v) is 7.97. The zero-order valence-electron chi connectivity index (χ0n) is 13.5. The maximum atomic E-state index is 12.3. The van der Waals surface area contributed by atoms with Crippen molar-refractivity contribution in [3.63, 3.8) is 0 Å². The van der Waals surface area contributed by atoms with Gasteiger partial charge in [0.15, 0.2) is 11.5 Å². The number of unbranched alkanes of at least 4 members (excludes halogenated alkanes) is 1. The van der Waals surface area contributed by atoms with E-state index >= 15 is 0 Å². The van der Waals surface area contributed by atoms with E-state index in [1.807, 2.05) is 44.2 Å². The molecule has 2 rings (SSSR count). The minimum Gasteiger partial charge on any atom is -0.347 e. The molecular weight excluding hydrogens is 292 g/mol. The van der Waals surface area contributed by atoms with E-state index in [2.05, 4.69) is 20.5 Å². The van der Waals surface area contributed by atoms with Gasteiger partial charge in [-0.2, -0.15) is 0 Å². The van der Waals surface area contributed by atoms with Crippen LogP contribution < -0.4 is 10.9 Å². The number of carbonyl (C=O) groups is 1. The van der Waals surface area contributed by atoms with Gasteiger partial charge >= 0.3 is 0 Å². The Hall–Kier alpha value is -2.50. The van der Waals surface area contributed by atoms with Crippen molar-refractivity contribution < 1.29 is 4.79 Å². The number of hydrogen-bond donors (Lipinski definition) is 2. The van der Waals surface area contributed by atoms with Crippen molar-refractivity contribution in [3.05, 3.63) is 46.4 Å². The molecule has 1 heterocycles. The molecule has 6 heteroatoms. The maximum Gasteiger partial charge on any atom is 0.275 e. The Morgan fingerprint density at radius 2 is 1.96 bits per heavy atom. The zero-order valence-corrected chi connectivity index (χ0v) is 13.5. The number of aromatic amines is 1. The fraction of sp³-hybridized carbons (Fsp3) is 0.412. The molecule has 0 saturated carbocycles. The number of amides is 1. The molecule has 0 spiro atoms. The summed E-state index contributed by atoms with van der Waals surface area (Å²) in [6.07, 6.45) is 2.83. The monoisotopic (exact) mass is 314 g/mol. The van der Waals surface area contributed by atoms with Gasteiger partial charge in [-0.05, 0) is 12.8 Å². The molecule has 0 bridgehead atoms. The van der Waals surface area contributed by atoms with Crippen LogP contribution in [0.5, 0.6) is 0 Å². The van der Waals surface area contributed by atoms with Crippen LogP contribution in [0.1, 0.15) is 51.3 Å². The van der Waals surface area contributed by atoms with E-state index in [4.69, 9.17) is 0 Å². The third-order valence-electron chi connectivity index (χ3n) is 3.60. The van der Waals surface area contributed by atoms with Gasteiger partial charge in [0, 0.05) is 12.0 Å². The van der Waals surface area contributed by atoms with Gasteiger partial charge in [-0.1, -0.05) is 50.6 Å². The van der Waals surface area contributed by atoms with Crippen LogP contribution >= 0.6 is 0 Å². The largest absolute Gasteiger partial charge is 0.347 e. The van der Waals surface area contributed by atoms with Crippen LogP contribution in [0.25, 0.3) is 11.4 Å². The summed E-state index contributed by atoms with van der Waals surface area (Å²) in [7, 11) is 0. The minimum absolute atomic E-state index is 0.0629. The van der Waals surface area contributed by atoms with Gasteiger partial charge < -0.3 is 10.3 Å². The Morgan fingerprint density at radius 3 is 2.57 bits per heavy atom. The van der Waals surface area contributed by atoms with Crippen molar-refractivity contribution in [2.24, 2.45) is 0 Å². The summed E-state index contributed by atoms with van der Waals surface area (Å²) in [6.45, 7) is 3.93. The predicted octanol–water partition coefficient (Wildman–Crippen LogP) is 2.59. The van der Waals surface area contributed by atoms with Gasteiger partial charge in [-0.25, -0.2) is 0 Å². The summed E-state index contributed by atoms with van der Waals surface area (Å²) >= 11 is 0. The summed E-state index contributed by atoms with van der Waals surface area (Å²) in [5.41, 5.74) is 0.724. The summed E-state index contributed by atoms with van der Waals surface area (Å²) in [4.78, 5) is 26.9. The molecule has 0 aliphatic heterocycles. The van der Waals surface area contributed by atoms with Crippen LogP contribution in [0.3, 0.4) is 0 Å². The van der Waals surface area contributed by atoms with Crippen molar-refractivity contribution in [3.8, 4) is 11.4 Å². The van der Waals surface area contributed by atoms with Crippen LogP contribution in [-0.4, -0.2) is 21.1 Å². The molecule has 0 saturated heterocycles. The summed E-state index contributed by atoms with van der Waals surface area (Å²) < 4.78 is 0. The molecule has 1 aromatic carbocycles. The van der Waals surface area contributed by atoms with Crippen LogP contribution in [0.2, 0.25) is 0 Å².